The van der Waals surface area contributed by atoms with Crippen LogP contribution in [0, 0.1) is 0 Å². The lowest BCUT2D eigenvalue weighted by Gasteiger charge is -2.11. The van der Waals surface area contributed by atoms with Crippen molar-refractivity contribution >= 4 is 32.7 Å². The molecule has 220 valence electrons. The Morgan fingerprint density at radius 1 is 0.340 bits per heavy atom. The lowest BCUT2D eigenvalue weighted by Crippen LogP contribution is -2.00. The van der Waals surface area contributed by atoms with Gasteiger partial charge in [0.15, 0.2) is 17.5 Å². The number of para-hydroxylation sites is 1. The minimum Gasteiger partial charge on any atom is -0.456 e. The number of nitrogens with zero attached hydrogens (tertiary/aromatic N) is 3. The first-order valence-electron chi connectivity index (χ1n) is 15.7. The maximum Gasteiger partial charge on any atom is 0.164 e. The molecule has 2 heterocycles. The average Bonchev–Trinajstić information content (AvgIpc) is 3.54. The second-order valence-electron chi connectivity index (χ2n) is 11.7. The van der Waals surface area contributed by atoms with Crippen LogP contribution < -0.4 is 0 Å². The van der Waals surface area contributed by atoms with Crippen LogP contribution in [0.1, 0.15) is 0 Å². The predicted molar refractivity (Wildman–Crippen MR) is 192 cm³/mol. The van der Waals surface area contributed by atoms with Gasteiger partial charge in [0, 0.05) is 27.5 Å². The highest BCUT2D eigenvalue weighted by Crippen LogP contribution is 2.37. The van der Waals surface area contributed by atoms with Crippen molar-refractivity contribution in [2.45, 2.75) is 0 Å². The molecule has 0 fully saturated rings. The third-order valence-corrected chi connectivity index (χ3v) is 8.73. The second-order valence-corrected chi connectivity index (χ2v) is 11.7. The summed E-state index contributed by atoms with van der Waals surface area (Å²) in [6.45, 7) is 0. The van der Waals surface area contributed by atoms with Gasteiger partial charge in [-0.1, -0.05) is 140 Å². The van der Waals surface area contributed by atoms with Crippen molar-refractivity contribution in [3.63, 3.8) is 0 Å². The van der Waals surface area contributed by atoms with Crippen molar-refractivity contribution in [3.8, 4) is 56.4 Å². The Labute approximate surface area is 271 Å². The van der Waals surface area contributed by atoms with Crippen LogP contribution in [-0.4, -0.2) is 15.0 Å². The Balaban J connectivity index is 1.14. The fourth-order valence-corrected chi connectivity index (χ4v) is 6.36. The third-order valence-electron chi connectivity index (χ3n) is 8.73. The molecule has 9 aromatic rings. The summed E-state index contributed by atoms with van der Waals surface area (Å²) >= 11 is 0. The molecule has 0 aliphatic heterocycles. The molecule has 4 nitrogen and oxygen atoms in total. The van der Waals surface area contributed by atoms with E-state index in [9.17, 15) is 0 Å². The van der Waals surface area contributed by atoms with Crippen molar-refractivity contribution in [1.29, 1.82) is 0 Å². The van der Waals surface area contributed by atoms with Gasteiger partial charge in [-0.15, -0.1) is 0 Å². The van der Waals surface area contributed by atoms with Gasteiger partial charge in [0.2, 0.25) is 0 Å². The van der Waals surface area contributed by atoms with Crippen molar-refractivity contribution in [3.05, 3.63) is 164 Å². The fraction of sp³-hybridized carbons (Fsp3) is 0. The number of fused-ring (bicyclic) bond motifs is 4. The molecule has 0 saturated heterocycles. The normalized spacial score (nSPS) is 11.4. The summed E-state index contributed by atoms with van der Waals surface area (Å²) in [5.41, 5.74) is 9.03. The Bertz CT molecular complexity index is 2570. The summed E-state index contributed by atoms with van der Waals surface area (Å²) in [6, 6.07) is 56.5. The topological polar surface area (TPSA) is 51.8 Å². The fourth-order valence-electron chi connectivity index (χ4n) is 6.36. The van der Waals surface area contributed by atoms with E-state index in [2.05, 4.69) is 103 Å². The van der Waals surface area contributed by atoms with E-state index in [0.717, 1.165) is 49.8 Å². The molecule has 0 saturated carbocycles. The molecule has 7 aromatic carbocycles. The van der Waals surface area contributed by atoms with Gasteiger partial charge >= 0.3 is 0 Å². The van der Waals surface area contributed by atoms with Crippen LogP contribution in [-0.2, 0) is 0 Å². The van der Waals surface area contributed by atoms with E-state index in [1.807, 2.05) is 60.7 Å². The van der Waals surface area contributed by atoms with Crippen LogP contribution >= 0.6 is 0 Å². The molecule has 0 aliphatic rings. The van der Waals surface area contributed by atoms with Crippen molar-refractivity contribution < 1.29 is 4.42 Å². The SMILES string of the molecule is c1ccc(-c2nc(-c3cccc(-c4ccc(-c5ccc6ccccc6c5)cc4)c3)nc(-c3cccc4oc5ccccc5c34)n2)cc1. The van der Waals surface area contributed by atoms with Crippen LogP contribution in [0.5, 0.6) is 0 Å². The molecule has 0 spiro atoms. The van der Waals surface area contributed by atoms with E-state index >= 15 is 0 Å². The highest BCUT2D eigenvalue weighted by atomic mass is 16.3. The van der Waals surface area contributed by atoms with Crippen molar-refractivity contribution in [2.24, 2.45) is 0 Å². The van der Waals surface area contributed by atoms with E-state index in [-0.39, 0.29) is 0 Å². The van der Waals surface area contributed by atoms with Gasteiger partial charge in [-0.2, -0.15) is 0 Å². The number of aromatic nitrogens is 3. The molecule has 4 heteroatoms. The maximum atomic E-state index is 6.19. The first kappa shape index (κ1) is 27.0. The van der Waals surface area contributed by atoms with Crippen LogP contribution in [0.25, 0.3) is 89.1 Å². The molecule has 0 unspecified atom stereocenters. The van der Waals surface area contributed by atoms with Crippen LogP contribution in [0.15, 0.2) is 168 Å². The molecule has 0 aliphatic carbocycles. The maximum absolute atomic E-state index is 6.19. The van der Waals surface area contributed by atoms with Gasteiger partial charge in [0.1, 0.15) is 11.2 Å². The van der Waals surface area contributed by atoms with Gasteiger partial charge in [-0.3, -0.25) is 0 Å². The minimum atomic E-state index is 0.608. The Morgan fingerprint density at radius 3 is 1.74 bits per heavy atom. The summed E-state index contributed by atoms with van der Waals surface area (Å²) in [7, 11) is 0. The molecule has 0 atom stereocenters. The zero-order valence-electron chi connectivity index (χ0n) is 25.3. The average molecular weight is 602 g/mol. The zero-order valence-corrected chi connectivity index (χ0v) is 25.3. The third kappa shape index (κ3) is 4.93. The predicted octanol–water partition coefficient (Wildman–Crippen LogP) is 11.3. The monoisotopic (exact) mass is 601 g/mol. The molecule has 0 radical (unpaired) electrons. The molecule has 2 aromatic heterocycles. The van der Waals surface area contributed by atoms with Gasteiger partial charge < -0.3 is 4.42 Å². The largest absolute Gasteiger partial charge is 0.456 e. The van der Waals surface area contributed by atoms with Crippen molar-refractivity contribution in [2.75, 3.05) is 0 Å². The highest BCUT2D eigenvalue weighted by Gasteiger charge is 2.18. The first-order valence-corrected chi connectivity index (χ1v) is 15.7. The molecule has 0 amide bonds. The molecule has 0 bridgehead atoms. The van der Waals surface area contributed by atoms with Crippen LogP contribution in [0.4, 0.5) is 0 Å². The summed E-state index contributed by atoms with van der Waals surface area (Å²) in [5, 5.41) is 4.52. The van der Waals surface area contributed by atoms with Gasteiger partial charge in [0.25, 0.3) is 0 Å². The summed E-state index contributed by atoms with van der Waals surface area (Å²) in [6.07, 6.45) is 0. The van der Waals surface area contributed by atoms with Gasteiger partial charge in [-0.05, 0) is 57.3 Å². The van der Waals surface area contributed by atoms with Crippen molar-refractivity contribution in [1.82, 2.24) is 15.0 Å². The number of hydrogen-bond donors (Lipinski definition) is 0. The molecule has 47 heavy (non-hydrogen) atoms. The van der Waals surface area contributed by atoms with E-state index < -0.39 is 0 Å². The number of furan rings is 1. The lowest BCUT2D eigenvalue weighted by atomic mass is 9.97. The number of hydrogen-bond acceptors (Lipinski definition) is 4. The summed E-state index contributed by atoms with van der Waals surface area (Å²) in [5.74, 6) is 1.85. The zero-order chi connectivity index (χ0) is 31.2. The molecular formula is C43H27N3O. The lowest BCUT2D eigenvalue weighted by molar-refractivity contribution is 0.669. The van der Waals surface area contributed by atoms with E-state index in [0.29, 0.717) is 17.5 Å². The Kier molecular flexibility index (Phi) is 6.43. The van der Waals surface area contributed by atoms with E-state index in [1.165, 1.54) is 21.9 Å². The van der Waals surface area contributed by atoms with E-state index in [1.54, 1.807) is 0 Å². The highest BCUT2D eigenvalue weighted by molar-refractivity contribution is 6.11. The van der Waals surface area contributed by atoms with Crippen LogP contribution in [0.2, 0.25) is 0 Å². The molecule has 9 rings (SSSR count). The number of benzene rings is 7. The van der Waals surface area contributed by atoms with Crippen LogP contribution in [0.3, 0.4) is 0 Å². The minimum absolute atomic E-state index is 0.608. The molecule has 0 N–H and O–H groups in total. The number of rotatable bonds is 5. The van der Waals surface area contributed by atoms with E-state index in [4.69, 9.17) is 19.4 Å². The smallest absolute Gasteiger partial charge is 0.164 e. The molecular weight excluding hydrogens is 574 g/mol. The van der Waals surface area contributed by atoms with Gasteiger partial charge in [0.05, 0.1) is 0 Å². The summed E-state index contributed by atoms with van der Waals surface area (Å²) in [4.78, 5) is 15.1. The Hall–Kier alpha value is -6.39. The summed E-state index contributed by atoms with van der Waals surface area (Å²) < 4.78 is 6.19. The Morgan fingerprint density at radius 2 is 0.915 bits per heavy atom. The second kappa shape index (κ2) is 11.2. The standard InChI is InChI=1S/C43H27N3O/c1-2-11-31(12-3-1)41-44-42(46-43(45-41)37-17-9-19-39-40(37)36-16-6-7-18-38(36)47-39)35-15-8-14-33(27-35)29-20-22-30(23-21-29)34-25-24-28-10-4-5-13-32(28)26-34/h1-27H. The quantitative estimate of drug-likeness (QED) is 0.197. The first-order chi connectivity index (χ1) is 23.3. The van der Waals surface area contributed by atoms with Gasteiger partial charge in [-0.25, -0.2) is 15.0 Å².